The average molecular weight is 435 g/mol. The van der Waals surface area contributed by atoms with Gasteiger partial charge in [-0.1, -0.05) is 73.3 Å². The van der Waals surface area contributed by atoms with Gasteiger partial charge >= 0.3 is 0 Å². The molecule has 0 aliphatic heterocycles. The lowest BCUT2D eigenvalue weighted by Crippen LogP contribution is -1.97. The number of aliphatic hydroxyl groups excluding tert-OH is 1. The fourth-order valence-corrected chi connectivity index (χ4v) is 3.40. The molecule has 3 rings (SSSR count). The van der Waals surface area contributed by atoms with Crippen molar-refractivity contribution in [2.24, 2.45) is 0 Å². The summed E-state index contributed by atoms with van der Waals surface area (Å²) in [6, 6.07) is 18.2. The minimum atomic E-state index is -0.854. The number of allylic oxidation sites excluding steroid dienone is 1. The Kier molecular flexibility index (Phi) is 8.34. The van der Waals surface area contributed by atoms with Crippen LogP contribution >= 0.6 is 0 Å². The monoisotopic (exact) mass is 434 g/mol. The Hall–Kier alpha value is -3.24. The van der Waals surface area contributed by atoms with E-state index in [9.17, 15) is 13.9 Å². The molecular formula is C28H28F2O2. The Labute approximate surface area is 188 Å². The maximum Gasteiger partial charge on any atom is 0.167 e. The van der Waals surface area contributed by atoms with Crippen LogP contribution in [0, 0.1) is 11.6 Å². The average Bonchev–Trinajstić information content (AvgIpc) is 2.80. The Morgan fingerprint density at radius 1 is 0.906 bits per heavy atom. The molecule has 3 aromatic rings. The van der Waals surface area contributed by atoms with E-state index in [4.69, 9.17) is 4.74 Å². The van der Waals surface area contributed by atoms with E-state index in [0.29, 0.717) is 25.0 Å². The van der Waals surface area contributed by atoms with E-state index < -0.39 is 11.6 Å². The molecule has 1 atom stereocenters. The molecule has 0 heterocycles. The highest BCUT2D eigenvalue weighted by Crippen LogP contribution is 2.30. The molecule has 166 valence electrons. The van der Waals surface area contributed by atoms with Gasteiger partial charge in [0, 0.05) is 11.1 Å². The third-order valence-corrected chi connectivity index (χ3v) is 5.15. The quantitative estimate of drug-likeness (QED) is 0.266. The van der Waals surface area contributed by atoms with E-state index in [2.05, 4.69) is 6.58 Å². The van der Waals surface area contributed by atoms with Crippen molar-refractivity contribution in [3.05, 3.63) is 96.6 Å². The van der Waals surface area contributed by atoms with E-state index in [-0.39, 0.29) is 17.2 Å². The smallest absolute Gasteiger partial charge is 0.167 e. The summed E-state index contributed by atoms with van der Waals surface area (Å²) in [6.45, 7) is 5.82. The second-order valence-corrected chi connectivity index (χ2v) is 7.71. The van der Waals surface area contributed by atoms with E-state index in [0.717, 1.165) is 23.3 Å². The summed E-state index contributed by atoms with van der Waals surface area (Å²) >= 11 is 0. The molecule has 1 unspecified atom stereocenters. The number of hydrogen-bond donors (Lipinski definition) is 1. The highest BCUT2D eigenvalue weighted by Gasteiger charge is 2.13. The maximum atomic E-state index is 14.7. The summed E-state index contributed by atoms with van der Waals surface area (Å²) in [5.41, 5.74) is 3.04. The highest BCUT2D eigenvalue weighted by molar-refractivity contribution is 5.72. The van der Waals surface area contributed by atoms with Gasteiger partial charge in [0.25, 0.3) is 0 Å². The second-order valence-electron chi connectivity index (χ2n) is 7.71. The van der Waals surface area contributed by atoms with Crippen LogP contribution in [0.1, 0.15) is 31.7 Å². The highest BCUT2D eigenvalue weighted by atomic mass is 19.2. The van der Waals surface area contributed by atoms with Crippen LogP contribution in [0.25, 0.3) is 28.3 Å². The zero-order chi connectivity index (χ0) is 22.9. The normalized spacial score (nSPS) is 12.1. The molecule has 3 aromatic carbocycles. The Bertz CT molecular complexity index is 1050. The Morgan fingerprint density at radius 2 is 1.53 bits per heavy atom. The number of hydrogen-bond acceptors (Lipinski definition) is 2. The zero-order valence-corrected chi connectivity index (χ0v) is 18.2. The molecule has 0 aromatic heterocycles. The number of unbranched alkanes of at least 4 members (excludes halogenated alkanes) is 1. The molecule has 0 amide bonds. The van der Waals surface area contributed by atoms with Crippen molar-refractivity contribution in [2.75, 3.05) is 6.61 Å². The first-order valence-electron chi connectivity index (χ1n) is 10.8. The molecule has 1 N–H and O–H groups in total. The molecule has 0 aliphatic carbocycles. The van der Waals surface area contributed by atoms with Crippen LogP contribution in [0.4, 0.5) is 8.78 Å². The van der Waals surface area contributed by atoms with Gasteiger partial charge < -0.3 is 9.84 Å². The van der Waals surface area contributed by atoms with Crippen LogP contribution in [0.15, 0.2) is 79.4 Å². The van der Waals surface area contributed by atoms with Gasteiger partial charge in [0.05, 0.1) is 6.10 Å². The lowest BCUT2D eigenvalue weighted by atomic mass is 9.98. The summed E-state index contributed by atoms with van der Waals surface area (Å²) in [5.74, 6) is -0.944. The van der Waals surface area contributed by atoms with Crippen molar-refractivity contribution in [3.63, 3.8) is 0 Å². The molecule has 0 bridgehead atoms. The lowest BCUT2D eigenvalue weighted by molar-refractivity contribution is 0.182. The first-order valence-corrected chi connectivity index (χ1v) is 10.8. The predicted octanol–water partition coefficient (Wildman–Crippen LogP) is 7.43. The molecule has 2 nitrogen and oxygen atoms in total. The standard InChI is InChI=1S/C28H28F2O2/c1-3-19-32-25-16-13-22(14-17-25)21-9-11-23(12-10-21)26-18-15-24(27(29)28(26)30)8-6-4-5-7-20(2)31/h3,6,8-18,20,31H,1,4-5,7,19H2,2H3/b8-6+. The third-order valence-electron chi connectivity index (χ3n) is 5.15. The maximum absolute atomic E-state index is 14.7. The van der Waals surface area contributed by atoms with Gasteiger partial charge in [0.2, 0.25) is 0 Å². The first-order chi connectivity index (χ1) is 15.5. The predicted molar refractivity (Wildman–Crippen MR) is 127 cm³/mol. The summed E-state index contributed by atoms with van der Waals surface area (Å²) in [4.78, 5) is 0. The number of rotatable bonds is 10. The Balaban J connectivity index is 1.72. The first kappa shape index (κ1) is 23.4. The lowest BCUT2D eigenvalue weighted by Gasteiger charge is -2.09. The van der Waals surface area contributed by atoms with Crippen molar-refractivity contribution in [1.29, 1.82) is 0 Å². The van der Waals surface area contributed by atoms with Gasteiger partial charge in [-0.3, -0.25) is 0 Å². The fourth-order valence-electron chi connectivity index (χ4n) is 3.40. The van der Waals surface area contributed by atoms with Crippen LogP contribution in [0.5, 0.6) is 5.75 Å². The zero-order valence-electron chi connectivity index (χ0n) is 18.2. The molecule has 32 heavy (non-hydrogen) atoms. The minimum Gasteiger partial charge on any atom is -0.490 e. The van der Waals surface area contributed by atoms with Gasteiger partial charge in [0.1, 0.15) is 12.4 Å². The minimum absolute atomic E-state index is 0.221. The number of halogens is 2. The summed E-state index contributed by atoms with van der Waals surface area (Å²) in [7, 11) is 0. The van der Waals surface area contributed by atoms with Gasteiger partial charge in [-0.15, -0.1) is 0 Å². The molecule has 0 saturated carbocycles. The van der Waals surface area contributed by atoms with Crippen molar-refractivity contribution >= 4 is 6.08 Å². The van der Waals surface area contributed by atoms with Gasteiger partial charge in [0.15, 0.2) is 11.6 Å². The van der Waals surface area contributed by atoms with Crippen molar-refractivity contribution in [1.82, 2.24) is 0 Å². The van der Waals surface area contributed by atoms with Gasteiger partial charge in [-0.2, -0.15) is 0 Å². The number of ether oxygens (including phenoxy) is 1. The molecular weight excluding hydrogens is 406 g/mol. The molecule has 4 heteroatoms. The molecule has 0 saturated heterocycles. The van der Waals surface area contributed by atoms with Crippen molar-refractivity contribution in [2.45, 2.75) is 32.3 Å². The van der Waals surface area contributed by atoms with Gasteiger partial charge in [-0.25, -0.2) is 8.78 Å². The van der Waals surface area contributed by atoms with E-state index >= 15 is 0 Å². The topological polar surface area (TPSA) is 29.5 Å². The van der Waals surface area contributed by atoms with Crippen molar-refractivity contribution < 1.29 is 18.6 Å². The van der Waals surface area contributed by atoms with Crippen LogP contribution in [-0.4, -0.2) is 17.8 Å². The fraction of sp³-hybridized carbons (Fsp3) is 0.214. The molecule has 0 aliphatic rings. The van der Waals surface area contributed by atoms with Crippen LogP contribution < -0.4 is 4.74 Å². The largest absolute Gasteiger partial charge is 0.490 e. The number of aliphatic hydroxyl groups is 1. The molecule has 0 fully saturated rings. The van der Waals surface area contributed by atoms with E-state index in [1.165, 1.54) is 0 Å². The summed E-state index contributed by atoms with van der Waals surface area (Å²) in [5, 5.41) is 9.27. The SMILES string of the molecule is C=CCOc1ccc(-c2ccc(-c3ccc(/C=C/CCCC(C)O)c(F)c3F)cc2)cc1. The van der Waals surface area contributed by atoms with Crippen LogP contribution in [0.2, 0.25) is 0 Å². The van der Waals surface area contributed by atoms with E-state index in [1.54, 1.807) is 43.3 Å². The van der Waals surface area contributed by atoms with Crippen molar-refractivity contribution in [3.8, 4) is 28.0 Å². The number of benzene rings is 3. The summed E-state index contributed by atoms with van der Waals surface area (Å²) < 4.78 is 34.8. The summed E-state index contributed by atoms with van der Waals surface area (Å²) in [6.07, 6.45) is 6.93. The van der Waals surface area contributed by atoms with Crippen LogP contribution in [-0.2, 0) is 0 Å². The van der Waals surface area contributed by atoms with Gasteiger partial charge in [-0.05, 0) is 55.0 Å². The third kappa shape index (κ3) is 6.14. The molecule has 0 spiro atoms. The molecule has 0 radical (unpaired) electrons. The van der Waals surface area contributed by atoms with Crippen LogP contribution in [0.3, 0.4) is 0 Å². The van der Waals surface area contributed by atoms with E-state index in [1.807, 2.05) is 42.5 Å². The Morgan fingerprint density at radius 3 is 2.16 bits per heavy atom. The second kappa shape index (κ2) is 11.4.